The molecule has 0 saturated carbocycles. The lowest BCUT2D eigenvalue weighted by atomic mass is 10.2. The zero-order chi connectivity index (χ0) is 12.6. The third-order valence-corrected chi connectivity index (χ3v) is 3.03. The van der Waals surface area contributed by atoms with Gasteiger partial charge in [-0.2, -0.15) is 5.10 Å². The Labute approximate surface area is 99.8 Å². The molecule has 0 aromatic carbocycles. The number of amides is 1. The highest BCUT2D eigenvalue weighted by Crippen LogP contribution is 2.24. The Balaban J connectivity index is 2.30. The van der Waals surface area contributed by atoms with Crippen molar-refractivity contribution < 1.29 is 14.6 Å². The zero-order valence-electron chi connectivity index (χ0n) is 10.3. The van der Waals surface area contributed by atoms with Gasteiger partial charge in [0.1, 0.15) is 5.56 Å². The van der Waals surface area contributed by atoms with Crippen molar-refractivity contribution in [3.05, 3.63) is 11.3 Å². The van der Waals surface area contributed by atoms with Gasteiger partial charge in [0.2, 0.25) is 5.88 Å². The molecule has 2 rings (SSSR count). The summed E-state index contributed by atoms with van der Waals surface area (Å²) in [7, 11) is 3.26. The van der Waals surface area contributed by atoms with E-state index in [-0.39, 0.29) is 5.91 Å². The van der Waals surface area contributed by atoms with Crippen LogP contribution in [0.15, 0.2) is 0 Å². The first-order chi connectivity index (χ1) is 8.04. The molecule has 6 nitrogen and oxygen atoms in total. The van der Waals surface area contributed by atoms with Crippen molar-refractivity contribution in [1.29, 1.82) is 0 Å². The molecule has 1 amide bonds. The van der Waals surface area contributed by atoms with Crippen LogP contribution in [0.2, 0.25) is 0 Å². The maximum absolute atomic E-state index is 12.3. The van der Waals surface area contributed by atoms with Crippen LogP contribution in [0.3, 0.4) is 0 Å². The van der Waals surface area contributed by atoms with Crippen molar-refractivity contribution in [2.24, 2.45) is 7.05 Å². The van der Waals surface area contributed by atoms with Crippen molar-refractivity contribution in [3.8, 4) is 5.88 Å². The predicted octanol–water partition coefficient (Wildman–Crippen LogP) is -0.0561. The molecule has 1 N–H and O–H groups in total. The molecular weight excluding hydrogens is 222 g/mol. The van der Waals surface area contributed by atoms with Gasteiger partial charge in [0.15, 0.2) is 0 Å². The largest absolute Gasteiger partial charge is 0.481 e. The SMILES string of the molecule is COc1c(C(=O)N2CC[C@@H](O)C2)c(C)nn1C. The predicted molar refractivity (Wildman–Crippen MR) is 61.0 cm³/mol. The molecule has 94 valence electrons. The number of aliphatic hydroxyl groups excluding tert-OH is 1. The van der Waals surface area contributed by atoms with Crippen LogP contribution < -0.4 is 4.74 Å². The van der Waals surface area contributed by atoms with Crippen molar-refractivity contribution in [3.63, 3.8) is 0 Å². The summed E-state index contributed by atoms with van der Waals surface area (Å²) < 4.78 is 6.75. The number of carbonyl (C=O) groups is 1. The highest BCUT2D eigenvalue weighted by atomic mass is 16.5. The maximum Gasteiger partial charge on any atom is 0.261 e. The first-order valence-electron chi connectivity index (χ1n) is 5.59. The van der Waals surface area contributed by atoms with Gasteiger partial charge < -0.3 is 14.7 Å². The number of aryl methyl sites for hydroxylation is 2. The van der Waals surface area contributed by atoms with Gasteiger partial charge in [0.05, 0.1) is 18.9 Å². The van der Waals surface area contributed by atoms with Gasteiger partial charge in [-0.05, 0) is 13.3 Å². The molecule has 0 aliphatic carbocycles. The average Bonchev–Trinajstić information content (AvgIpc) is 2.81. The molecule has 6 heteroatoms. The third kappa shape index (κ3) is 2.00. The van der Waals surface area contributed by atoms with Gasteiger partial charge in [-0.1, -0.05) is 0 Å². The minimum absolute atomic E-state index is 0.121. The molecule has 0 spiro atoms. The van der Waals surface area contributed by atoms with Gasteiger partial charge in [0, 0.05) is 20.1 Å². The number of aliphatic hydroxyl groups is 1. The number of rotatable bonds is 2. The highest BCUT2D eigenvalue weighted by Gasteiger charge is 2.30. The van der Waals surface area contributed by atoms with Crippen LogP contribution >= 0.6 is 0 Å². The Morgan fingerprint density at radius 1 is 1.59 bits per heavy atom. The van der Waals surface area contributed by atoms with Crippen LogP contribution in [-0.4, -0.2) is 52.0 Å². The van der Waals surface area contributed by atoms with Crippen molar-refractivity contribution >= 4 is 5.91 Å². The summed E-state index contributed by atoms with van der Waals surface area (Å²) in [6, 6.07) is 0. The molecule has 2 heterocycles. The van der Waals surface area contributed by atoms with E-state index < -0.39 is 6.10 Å². The molecule has 1 aliphatic heterocycles. The van der Waals surface area contributed by atoms with Crippen LogP contribution in [0.5, 0.6) is 5.88 Å². The summed E-state index contributed by atoms with van der Waals surface area (Å²) in [6.07, 6.45) is 0.217. The minimum Gasteiger partial charge on any atom is -0.481 e. The second kappa shape index (κ2) is 4.37. The van der Waals surface area contributed by atoms with E-state index in [9.17, 15) is 9.90 Å². The Morgan fingerprint density at radius 3 is 2.82 bits per heavy atom. The Kier molecular flexibility index (Phi) is 3.06. The van der Waals surface area contributed by atoms with Crippen LogP contribution in [0.25, 0.3) is 0 Å². The van der Waals surface area contributed by atoms with Crippen LogP contribution in [-0.2, 0) is 7.05 Å². The molecule has 1 saturated heterocycles. The van der Waals surface area contributed by atoms with Crippen molar-refractivity contribution in [2.45, 2.75) is 19.4 Å². The van der Waals surface area contributed by atoms with Gasteiger partial charge in [0.25, 0.3) is 5.91 Å². The number of β-amino-alcohol motifs (C(OH)–C–C–N with tert-alkyl or cyclic N) is 1. The summed E-state index contributed by atoms with van der Waals surface area (Å²) >= 11 is 0. The first-order valence-corrected chi connectivity index (χ1v) is 5.59. The van der Waals surface area contributed by atoms with Crippen molar-refractivity contribution in [1.82, 2.24) is 14.7 Å². The normalized spacial score (nSPS) is 19.8. The smallest absolute Gasteiger partial charge is 0.261 e. The molecule has 0 bridgehead atoms. The molecule has 1 aliphatic rings. The molecule has 0 radical (unpaired) electrons. The summed E-state index contributed by atoms with van der Waals surface area (Å²) in [5.41, 5.74) is 1.14. The fourth-order valence-corrected chi connectivity index (χ4v) is 2.20. The monoisotopic (exact) mass is 239 g/mol. The fraction of sp³-hybridized carbons (Fsp3) is 0.636. The zero-order valence-corrected chi connectivity index (χ0v) is 10.3. The van der Waals surface area contributed by atoms with E-state index in [1.54, 1.807) is 23.6 Å². The van der Waals surface area contributed by atoms with E-state index in [2.05, 4.69) is 5.10 Å². The summed E-state index contributed by atoms with van der Waals surface area (Å²) in [6.45, 7) is 2.75. The summed E-state index contributed by atoms with van der Waals surface area (Å²) in [5, 5.41) is 13.6. The van der Waals surface area contributed by atoms with E-state index in [1.165, 1.54) is 7.11 Å². The average molecular weight is 239 g/mol. The molecular formula is C11H17N3O3. The van der Waals surface area contributed by atoms with Crippen LogP contribution in [0.4, 0.5) is 0 Å². The number of aromatic nitrogens is 2. The van der Waals surface area contributed by atoms with Crippen LogP contribution in [0.1, 0.15) is 22.5 Å². The lowest BCUT2D eigenvalue weighted by Gasteiger charge is -2.15. The van der Waals surface area contributed by atoms with E-state index in [1.807, 2.05) is 0 Å². The molecule has 0 unspecified atom stereocenters. The van der Waals surface area contributed by atoms with Gasteiger partial charge in [-0.3, -0.25) is 4.79 Å². The first kappa shape index (κ1) is 11.9. The number of carbonyl (C=O) groups excluding carboxylic acids is 1. The van der Waals surface area contributed by atoms with E-state index in [0.717, 1.165) is 0 Å². The van der Waals surface area contributed by atoms with Gasteiger partial charge in [-0.15, -0.1) is 0 Å². The molecule has 1 fully saturated rings. The summed E-state index contributed by atoms with van der Waals surface area (Å²) in [4.78, 5) is 13.9. The van der Waals surface area contributed by atoms with Gasteiger partial charge >= 0.3 is 0 Å². The number of nitrogens with zero attached hydrogens (tertiary/aromatic N) is 3. The quantitative estimate of drug-likeness (QED) is 0.785. The topological polar surface area (TPSA) is 67.6 Å². The number of hydrogen-bond donors (Lipinski definition) is 1. The molecule has 1 atom stereocenters. The number of ether oxygens (including phenoxy) is 1. The minimum atomic E-state index is -0.415. The highest BCUT2D eigenvalue weighted by molar-refractivity contribution is 5.97. The maximum atomic E-state index is 12.3. The van der Waals surface area contributed by atoms with Crippen molar-refractivity contribution in [2.75, 3.05) is 20.2 Å². The third-order valence-electron chi connectivity index (χ3n) is 3.03. The summed E-state index contributed by atoms with van der Waals surface area (Å²) in [5.74, 6) is 0.345. The second-order valence-electron chi connectivity index (χ2n) is 4.29. The van der Waals surface area contributed by atoms with E-state index >= 15 is 0 Å². The standard InChI is InChI=1S/C11H17N3O3/c1-7-9(11(17-3)13(2)12-7)10(16)14-5-4-8(15)6-14/h8,15H,4-6H2,1-3H3/t8-/m1/s1. The van der Waals surface area contributed by atoms with Crippen LogP contribution in [0, 0.1) is 6.92 Å². The Hall–Kier alpha value is -1.56. The molecule has 1 aromatic rings. The van der Waals surface area contributed by atoms with E-state index in [0.29, 0.717) is 36.6 Å². The fourth-order valence-electron chi connectivity index (χ4n) is 2.20. The molecule has 17 heavy (non-hydrogen) atoms. The lowest BCUT2D eigenvalue weighted by Crippen LogP contribution is -2.30. The van der Waals surface area contributed by atoms with Gasteiger partial charge in [-0.25, -0.2) is 4.68 Å². The number of methoxy groups -OCH3 is 1. The Bertz CT molecular complexity index is 441. The number of hydrogen-bond acceptors (Lipinski definition) is 4. The molecule has 1 aromatic heterocycles. The second-order valence-corrected chi connectivity index (χ2v) is 4.29. The lowest BCUT2D eigenvalue weighted by molar-refractivity contribution is 0.0760. The van der Waals surface area contributed by atoms with E-state index in [4.69, 9.17) is 4.74 Å². The Morgan fingerprint density at radius 2 is 2.29 bits per heavy atom. The number of likely N-dealkylation sites (tertiary alicyclic amines) is 1.